The summed E-state index contributed by atoms with van der Waals surface area (Å²) in [6.45, 7) is 5.75. The lowest BCUT2D eigenvalue weighted by atomic mass is 10.2. The Morgan fingerprint density at radius 3 is 2.55 bits per heavy atom. The molecule has 0 fully saturated rings. The fraction of sp³-hybridized carbons (Fsp3) is 1.00. The van der Waals surface area contributed by atoms with Crippen LogP contribution in [0.5, 0.6) is 0 Å². The average molecular weight is 159 g/mol. The highest BCUT2D eigenvalue weighted by Crippen LogP contribution is 1.98. The lowest BCUT2D eigenvalue weighted by molar-refractivity contribution is 0.120. The summed E-state index contributed by atoms with van der Waals surface area (Å²) in [5, 5.41) is 0. The van der Waals surface area contributed by atoms with Gasteiger partial charge in [0, 0.05) is 12.6 Å². The van der Waals surface area contributed by atoms with Crippen molar-refractivity contribution in [2.24, 2.45) is 5.73 Å². The van der Waals surface area contributed by atoms with Gasteiger partial charge in [0.25, 0.3) is 0 Å². The smallest absolute Gasteiger partial charge is 0.0614 e. The van der Waals surface area contributed by atoms with Crippen molar-refractivity contribution in [2.45, 2.75) is 45.6 Å². The molecule has 11 heavy (non-hydrogen) atoms. The van der Waals surface area contributed by atoms with E-state index < -0.39 is 0 Å². The Morgan fingerprint density at radius 1 is 1.27 bits per heavy atom. The highest BCUT2D eigenvalue weighted by Gasteiger charge is 1.92. The Kier molecular flexibility index (Phi) is 7.96. The van der Waals surface area contributed by atoms with Crippen molar-refractivity contribution in [3.63, 3.8) is 0 Å². The second-order valence-corrected chi connectivity index (χ2v) is 3.11. The maximum absolute atomic E-state index is 5.51. The molecule has 0 aromatic carbocycles. The minimum atomic E-state index is 0.182. The molecule has 2 nitrogen and oxygen atoms in total. The van der Waals surface area contributed by atoms with E-state index in [-0.39, 0.29) is 6.04 Å². The average Bonchev–Trinajstić information content (AvgIpc) is 1.96. The van der Waals surface area contributed by atoms with Crippen molar-refractivity contribution in [1.29, 1.82) is 0 Å². The van der Waals surface area contributed by atoms with E-state index >= 15 is 0 Å². The topological polar surface area (TPSA) is 35.2 Å². The maximum Gasteiger partial charge on any atom is 0.0614 e. The van der Waals surface area contributed by atoms with Gasteiger partial charge in [0.15, 0.2) is 0 Å². The van der Waals surface area contributed by atoms with Gasteiger partial charge in [-0.15, -0.1) is 0 Å². The van der Waals surface area contributed by atoms with E-state index in [9.17, 15) is 0 Å². The van der Waals surface area contributed by atoms with Gasteiger partial charge >= 0.3 is 0 Å². The van der Waals surface area contributed by atoms with Crippen LogP contribution in [0.15, 0.2) is 0 Å². The molecule has 2 N–H and O–H groups in total. The number of unbranched alkanes of at least 4 members (excludes halogenated alkanes) is 3. The lowest BCUT2D eigenvalue weighted by Crippen LogP contribution is -2.22. The predicted molar refractivity (Wildman–Crippen MR) is 48.6 cm³/mol. The number of hydrogen-bond donors (Lipinski definition) is 1. The molecule has 2 heteroatoms. The number of hydrogen-bond acceptors (Lipinski definition) is 2. The summed E-state index contributed by atoms with van der Waals surface area (Å²) >= 11 is 0. The Labute approximate surface area is 70.1 Å². The summed E-state index contributed by atoms with van der Waals surface area (Å²) < 4.78 is 5.32. The number of ether oxygens (including phenoxy) is 1. The van der Waals surface area contributed by atoms with Gasteiger partial charge in [-0.3, -0.25) is 0 Å². The highest BCUT2D eigenvalue weighted by molar-refractivity contribution is 4.48. The molecule has 0 aromatic rings. The monoisotopic (exact) mass is 159 g/mol. The molecule has 0 saturated heterocycles. The first-order chi connectivity index (χ1) is 5.27. The van der Waals surface area contributed by atoms with E-state index in [0.717, 1.165) is 6.61 Å². The van der Waals surface area contributed by atoms with Crippen LogP contribution in [0.2, 0.25) is 0 Å². The van der Waals surface area contributed by atoms with E-state index in [4.69, 9.17) is 10.5 Å². The van der Waals surface area contributed by atoms with E-state index in [2.05, 4.69) is 6.92 Å². The van der Waals surface area contributed by atoms with Gasteiger partial charge < -0.3 is 10.5 Å². The minimum absolute atomic E-state index is 0.182. The van der Waals surface area contributed by atoms with Gasteiger partial charge in [-0.25, -0.2) is 0 Å². The highest BCUT2D eigenvalue weighted by atomic mass is 16.5. The third-order valence-corrected chi connectivity index (χ3v) is 1.52. The van der Waals surface area contributed by atoms with Crippen molar-refractivity contribution in [3.8, 4) is 0 Å². The third kappa shape index (κ3) is 9.92. The fourth-order valence-electron chi connectivity index (χ4n) is 0.900. The minimum Gasteiger partial charge on any atom is -0.380 e. The molecule has 0 amide bonds. The van der Waals surface area contributed by atoms with Crippen molar-refractivity contribution in [3.05, 3.63) is 0 Å². The number of rotatable bonds is 7. The van der Waals surface area contributed by atoms with Crippen molar-refractivity contribution < 1.29 is 4.74 Å². The summed E-state index contributed by atoms with van der Waals surface area (Å²) in [5.41, 5.74) is 5.51. The van der Waals surface area contributed by atoms with Gasteiger partial charge in [0.1, 0.15) is 0 Å². The summed E-state index contributed by atoms with van der Waals surface area (Å²) in [6.07, 6.45) is 5.07. The summed E-state index contributed by atoms with van der Waals surface area (Å²) in [5.74, 6) is 0. The van der Waals surface area contributed by atoms with Crippen LogP contribution in [0, 0.1) is 0 Å². The molecule has 0 heterocycles. The molecule has 0 spiro atoms. The van der Waals surface area contributed by atoms with Crippen LogP contribution >= 0.6 is 0 Å². The van der Waals surface area contributed by atoms with E-state index in [0.29, 0.717) is 6.61 Å². The van der Waals surface area contributed by atoms with E-state index in [1.807, 2.05) is 6.92 Å². The fourth-order valence-corrected chi connectivity index (χ4v) is 0.900. The molecule has 0 bridgehead atoms. The molecular weight excluding hydrogens is 138 g/mol. The summed E-state index contributed by atoms with van der Waals surface area (Å²) in [7, 11) is 0. The second-order valence-electron chi connectivity index (χ2n) is 3.11. The standard InChI is InChI=1S/C9H21NO/c1-3-4-5-6-7-11-8-9(2)10/h9H,3-8,10H2,1-2H3/t9-/m1/s1. The zero-order valence-electron chi connectivity index (χ0n) is 7.81. The second kappa shape index (κ2) is 8.02. The van der Waals surface area contributed by atoms with Gasteiger partial charge in [-0.05, 0) is 13.3 Å². The van der Waals surface area contributed by atoms with Gasteiger partial charge in [0.2, 0.25) is 0 Å². The van der Waals surface area contributed by atoms with Crippen LogP contribution in [0.4, 0.5) is 0 Å². The summed E-state index contributed by atoms with van der Waals surface area (Å²) in [6, 6.07) is 0.182. The molecule has 0 unspecified atom stereocenters. The van der Waals surface area contributed by atoms with Crippen LogP contribution < -0.4 is 5.73 Å². The van der Waals surface area contributed by atoms with Gasteiger partial charge in [0.05, 0.1) is 6.61 Å². The summed E-state index contributed by atoms with van der Waals surface area (Å²) in [4.78, 5) is 0. The maximum atomic E-state index is 5.51. The van der Waals surface area contributed by atoms with Gasteiger partial charge in [-0.2, -0.15) is 0 Å². The zero-order chi connectivity index (χ0) is 8.53. The zero-order valence-corrected chi connectivity index (χ0v) is 7.81. The molecule has 0 aliphatic heterocycles. The van der Waals surface area contributed by atoms with Crippen LogP contribution in [0.3, 0.4) is 0 Å². The normalized spacial score (nSPS) is 13.4. The quantitative estimate of drug-likeness (QED) is 0.576. The largest absolute Gasteiger partial charge is 0.380 e. The first kappa shape index (κ1) is 10.9. The van der Waals surface area contributed by atoms with Gasteiger partial charge in [-0.1, -0.05) is 26.2 Å². The molecule has 0 rings (SSSR count). The van der Waals surface area contributed by atoms with Crippen molar-refractivity contribution in [2.75, 3.05) is 13.2 Å². The molecule has 0 radical (unpaired) electrons. The molecule has 0 aliphatic rings. The Hall–Kier alpha value is -0.0800. The number of nitrogens with two attached hydrogens (primary N) is 1. The van der Waals surface area contributed by atoms with Crippen LogP contribution in [0.25, 0.3) is 0 Å². The predicted octanol–water partition coefficient (Wildman–Crippen LogP) is 1.93. The van der Waals surface area contributed by atoms with Crippen molar-refractivity contribution >= 4 is 0 Å². The van der Waals surface area contributed by atoms with E-state index in [1.165, 1.54) is 25.7 Å². The molecular formula is C9H21NO. The first-order valence-electron chi connectivity index (χ1n) is 4.60. The molecule has 0 saturated carbocycles. The Bertz CT molecular complexity index is 74.0. The van der Waals surface area contributed by atoms with Crippen LogP contribution in [0.1, 0.15) is 39.5 Å². The SMILES string of the molecule is CCCCCCOC[C@@H](C)N. The first-order valence-corrected chi connectivity index (χ1v) is 4.60. The molecule has 0 aliphatic carbocycles. The molecule has 1 atom stereocenters. The van der Waals surface area contributed by atoms with Crippen LogP contribution in [-0.4, -0.2) is 19.3 Å². The third-order valence-electron chi connectivity index (χ3n) is 1.52. The molecule has 0 aromatic heterocycles. The Balaban J connectivity index is 2.80. The van der Waals surface area contributed by atoms with Crippen molar-refractivity contribution in [1.82, 2.24) is 0 Å². The lowest BCUT2D eigenvalue weighted by Gasteiger charge is -2.05. The Morgan fingerprint density at radius 2 is 2.00 bits per heavy atom. The van der Waals surface area contributed by atoms with Crippen LogP contribution in [-0.2, 0) is 4.74 Å². The molecule has 68 valence electrons. The van der Waals surface area contributed by atoms with E-state index in [1.54, 1.807) is 0 Å².